The number of fused-ring (bicyclic) bond motifs is 1. The van der Waals surface area contributed by atoms with E-state index in [1.54, 1.807) is 0 Å². The van der Waals surface area contributed by atoms with Gasteiger partial charge in [0.2, 0.25) is 0 Å². The lowest BCUT2D eigenvalue weighted by Crippen LogP contribution is -2.23. The third-order valence-electron chi connectivity index (χ3n) is 2.86. The van der Waals surface area contributed by atoms with E-state index in [0.717, 1.165) is 12.4 Å². The van der Waals surface area contributed by atoms with Gasteiger partial charge in [0.25, 0.3) is 5.78 Å². The van der Waals surface area contributed by atoms with Gasteiger partial charge in [-0.1, -0.05) is 6.92 Å². The highest BCUT2D eigenvalue weighted by molar-refractivity contribution is 5.46. The van der Waals surface area contributed by atoms with Gasteiger partial charge in [0.05, 0.1) is 0 Å². The molecule has 0 aromatic carbocycles. The molecule has 9 heteroatoms. The first kappa shape index (κ1) is 14.5. The SMILES string of the molecule is CCC(CCO)Nc1cc(C(F)(F)F)nc2ncnn12. The van der Waals surface area contributed by atoms with Gasteiger partial charge in [0.15, 0.2) is 5.69 Å². The summed E-state index contributed by atoms with van der Waals surface area (Å²) in [6, 6.07) is 0.734. The first-order chi connectivity index (χ1) is 9.45. The molecule has 2 aromatic heterocycles. The molecule has 0 spiro atoms. The Kier molecular flexibility index (Phi) is 4.07. The molecule has 0 radical (unpaired) electrons. The second kappa shape index (κ2) is 5.61. The van der Waals surface area contributed by atoms with Crippen molar-refractivity contribution in [3.8, 4) is 0 Å². The molecule has 2 aromatic rings. The van der Waals surface area contributed by atoms with E-state index in [1.165, 1.54) is 4.52 Å². The summed E-state index contributed by atoms with van der Waals surface area (Å²) in [5.74, 6) is 0.0290. The minimum atomic E-state index is -4.55. The molecule has 0 saturated carbocycles. The zero-order valence-corrected chi connectivity index (χ0v) is 10.7. The number of anilines is 1. The number of rotatable bonds is 5. The predicted molar refractivity (Wildman–Crippen MR) is 65.2 cm³/mol. The summed E-state index contributed by atoms with van der Waals surface area (Å²) in [7, 11) is 0. The van der Waals surface area contributed by atoms with Gasteiger partial charge in [0.1, 0.15) is 12.1 Å². The largest absolute Gasteiger partial charge is 0.433 e. The number of nitrogens with one attached hydrogen (secondary N) is 1. The van der Waals surface area contributed by atoms with Gasteiger partial charge in [-0.05, 0) is 12.8 Å². The van der Waals surface area contributed by atoms with E-state index in [9.17, 15) is 13.2 Å². The fourth-order valence-corrected chi connectivity index (χ4v) is 1.80. The highest BCUT2D eigenvalue weighted by Gasteiger charge is 2.34. The predicted octanol–water partition coefficient (Wildman–Crippen LogP) is 1.72. The number of nitrogens with zero attached hydrogens (tertiary/aromatic N) is 4. The maximum absolute atomic E-state index is 12.8. The van der Waals surface area contributed by atoms with Gasteiger partial charge < -0.3 is 10.4 Å². The Morgan fingerprint density at radius 1 is 1.45 bits per heavy atom. The summed E-state index contributed by atoms with van der Waals surface area (Å²) >= 11 is 0. The van der Waals surface area contributed by atoms with Crippen molar-refractivity contribution in [2.75, 3.05) is 11.9 Å². The molecule has 1 atom stereocenters. The van der Waals surface area contributed by atoms with Gasteiger partial charge in [-0.15, -0.1) is 0 Å². The lowest BCUT2D eigenvalue weighted by atomic mass is 10.1. The van der Waals surface area contributed by atoms with Crippen LogP contribution in [-0.4, -0.2) is 37.3 Å². The standard InChI is InChI=1S/C11H14F3N5O/c1-2-7(3-4-20)17-9-5-8(11(12,13)14)18-10-15-6-16-19(9)10/h5-7,17,20H,2-4H2,1H3. The maximum Gasteiger partial charge on any atom is 0.433 e. The van der Waals surface area contributed by atoms with E-state index in [0.29, 0.717) is 12.8 Å². The average molecular weight is 289 g/mol. The fourth-order valence-electron chi connectivity index (χ4n) is 1.80. The third kappa shape index (κ3) is 2.98. The molecule has 0 aliphatic heterocycles. The molecule has 0 aliphatic carbocycles. The molecule has 20 heavy (non-hydrogen) atoms. The molecular formula is C11H14F3N5O. The Hall–Kier alpha value is -1.90. The van der Waals surface area contributed by atoms with Crippen molar-refractivity contribution < 1.29 is 18.3 Å². The summed E-state index contributed by atoms with van der Waals surface area (Å²) in [5.41, 5.74) is -1.03. The van der Waals surface area contributed by atoms with Crippen LogP contribution in [0.2, 0.25) is 0 Å². The normalized spacial score (nSPS) is 13.7. The van der Waals surface area contributed by atoms with Crippen molar-refractivity contribution in [1.29, 1.82) is 0 Å². The Bertz CT molecular complexity index is 583. The molecule has 0 bridgehead atoms. The molecule has 0 aliphatic rings. The zero-order chi connectivity index (χ0) is 14.8. The van der Waals surface area contributed by atoms with E-state index >= 15 is 0 Å². The zero-order valence-electron chi connectivity index (χ0n) is 10.7. The molecule has 0 amide bonds. The maximum atomic E-state index is 12.8. The van der Waals surface area contributed by atoms with Crippen LogP contribution in [0, 0.1) is 0 Å². The van der Waals surface area contributed by atoms with Crippen LogP contribution in [0.3, 0.4) is 0 Å². The van der Waals surface area contributed by atoms with Gasteiger partial charge >= 0.3 is 6.18 Å². The van der Waals surface area contributed by atoms with Crippen LogP contribution in [0.4, 0.5) is 19.0 Å². The highest BCUT2D eigenvalue weighted by Crippen LogP contribution is 2.29. The van der Waals surface area contributed by atoms with Crippen LogP contribution in [0.15, 0.2) is 12.4 Å². The number of hydrogen-bond donors (Lipinski definition) is 2. The Labute approximate surface area is 112 Å². The van der Waals surface area contributed by atoms with Crippen LogP contribution in [0.1, 0.15) is 25.5 Å². The van der Waals surface area contributed by atoms with Crippen molar-refractivity contribution in [1.82, 2.24) is 19.6 Å². The number of alkyl halides is 3. The van der Waals surface area contributed by atoms with Crippen LogP contribution < -0.4 is 5.32 Å². The first-order valence-electron chi connectivity index (χ1n) is 6.11. The van der Waals surface area contributed by atoms with Crippen molar-refractivity contribution >= 4 is 11.6 Å². The number of hydrogen-bond acceptors (Lipinski definition) is 5. The molecule has 2 N–H and O–H groups in total. The van der Waals surface area contributed by atoms with Crippen molar-refractivity contribution in [2.24, 2.45) is 0 Å². The second-order valence-electron chi connectivity index (χ2n) is 4.26. The van der Waals surface area contributed by atoms with E-state index < -0.39 is 11.9 Å². The minimum absolute atomic E-state index is 0.0524. The van der Waals surface area contributed by atoms with Gasteiger partial charge in [0, 0.05) is 18.7 Å². The Morgan fingerprint density at radius 3 is 2.80 bits per heavy atom. The quantitative estimate of drug-likeness (QED) is 0.876. The van der Waals surface area contributed by atoms with E-state index in [4.69, 9.17) is 5.11 Å². The number of aliphatic hydroxyl groups excluding tert-OH is 1. The van der Waals surface area contributed by atoms with Crippen LogP contribution >= 0.6 is 0 Å². The van der Waals surface area contributed by atoms with E-state index in [1.807, 2.05) is 6.92 Å². The van der Waals surface area contributed by atoms with Crippen LogP contribution in [-0.2, 0) is 6.18 Å². The average Bonchev–Trinajstić information content (AvgIpc) is 2.85. The molecule has 2 rings (SSSR count). The second-order valence-corrected chi connectivity index (χ2v) is 4.26. The number of aromatic nitrogens is 4. The lowest BCUT2D eigenvalue weighted by Gasteiger charge is -2.18. The minimum Gasteiger partial charge on any atom is -0.396 e. The monoisotopic (exact) mass is 289 g/mol. The Balaban J connectivity index is 2.42. The highest BCUT2D eigenvalue weighted by atomic mass is 19.4. The summed E-state index contributed by atoms with van der Waals surface area (Å²) < 4.78 is 39.5. The summed E-state index contributed by atoms with van der Waals surface area (Å²) in [6.07, 6.45) is -2.33. The third-order valence-corrected chi connectivity index (χ3v) is 2.86. The summed E-state index contributed by atoms with van der Waals surface area (Å²) in [4.78, 5) is 7.11. The Morgan fingerprint density at radius 2 is 2.20 bits per heavy atom. The molecule has 110 valence electrons. The van der Waals surface area contributed by atoms with Crippen LogP contribution in [0.25, 0.3) is 5.78 Å². The molecule has 0 saturated heterocycles. The fraction of sp³-hybridized carbons (Fsp3) is 0.545. The van der Waals surface area contributed by atoms with Gasteiger partial charge in [-0.2, -0.15) is 27.8 Å². The van der Waals surface area contributed by atoms with Crippen molar-refractivity contribution in [3.05, 3.63) is 18.1 Å². The van der Waals surface area contributed by atoms with E-state index in [-0.39, 0.29) is 24.2 Å². The number of halogens is 3. The summed E-state index contributed by atoms with van der Waals surface area (Å²) in [6.45, 7) is 1.82. The first-order valence-corrected chi connectivity index (χ1v) is 6.11. The van der Waals surface area contributed by atoms with Gasteiger partial charge in [-0.25, -0.2) is 4.98 Å². The topological polar surface area (TPSA) is 75.3 Å². The molecule has 6 nitrogen and oxygen atoms in total. The van der Waals surface area contributed by atoms with Gasteiger partial charge in [-0.3, -0.25) is 0 Å². The smallest absolute Gasteiger partial charge is 0.396 e. The van der Waals surface area contributed by atoms with Crippen LogP contribution in [0.5, 0.6) is 0 Å². The number of aliphatic hydroxyl groups is 1. The molecule has 0 fully saturated rings. The lowest BCUT2D eigenvalue weighted by molar-refractivity contribution is -0.141. The molecule has 2 heterocycles. The molecule has 1 unspecified atom stereocenters. The van der Waals surface area contributed by atoms with Crippen molar-refractivity contribution in [3.63, 3.8) is 0 Å². The summed E-state index contributed by atoms with van der Waals surface area (Å²) in [5, 5.41) is 15.7. The molecular weight excluding hydrogens is 275 g/mol. The van der Waals surface area contributed by atoms with Crippen molar-refractivity contribution in [2.45, 2.75) is 32.0 Å². The van der Waals surface area contributed by atoms with E-state index in [2.05, 4.69) is 20.4 Å².